The van der Waals surface area contributed by atoms with E-state index in [1.165, 1.54) is 0 Å². The molecule has 3 heterocycles. The number of ether oxygens (including phenoxy) is 5. The summed E-state index contributed by atoms with van der Waals surface area (Å²) >= 11 is 0. The van der Waals surface area contributed by atoms with Crippen molar-refractivity contribution in [3.63, 3.8) is 0 Å². The van der Waals surface area contributed by atoms with Gasteiger partial charge in [0.25, 0.3) is 0 Å². The van der Waals surface area contributed by atoms with Crippen molar-refractivity contribution in [2.75, 3.05) is 19.8 Å². The van der Waals surface area contributed by atoms with E-state index in [2.05, 4.69) is 5.32 Å². The Bertz CT molecular complexity index is 743. The topological polar surface area (TPSA) is 278 Å². The minimum atomic E-state index is -1.87. The first kappa shape index (κ1) is 30.4. The summed E-state index contributed by atoms with van der Waals surface area (Å²) in [7, 11) is 0. The van der Waals surface area contributed by atoms with Crippen molar-refractivity contribution in [2.45, 2.75) is 99.0 Å². The Labute approximate surface area is 210 Å². The largest absolute Gasteiger partial charge is 0.394 e. The van der Waals surface area contributed by atoms with Gasteiger partial charge in [-0.2, -0.15) is 0 Å². The SMILES string of the molecule is CC(=O)N[C@H]1[C@H](O[C@@H]2[C@H](O)[C@@H](O)[C@H](O)O[C@@H]2CO)O[C@H](CO)[C@H](O)[C@@H]1O[C@@H]1O[C@H](CO)[C@H](O)[C@H](O)[C@H]1O. The average Bonchev–Trinajstić information content (AvgIpc) is 2.87. The average molecular weight is 545 g/mol. The second-order valence-corrected chi connectivity index (χ2v) is 9.07. The van der Waals surface area contributed by atoms with Gasteiger partial charge in [-0.25, -0.2) is 0 Å². The predicted octanol–water partition coefficient (Wildman–Crippen LogP) is -7.43. The van der Waals surface area contributed by atoms with Crippen LogP contribution in [0.2, 0.25) is 0 Å². The minimum absolute atomic E-state index is 0.686. The lowest BCUT2D eigenvalue weighted by atomic mass is 9.94. The van der Waals surface area contributed by atoms with E-state index in [0.717, 1.165) is 6.92 Å². The van der Waals surface area contributed by atoms with E-state index in [1.807, 2.05) is 0 Å². The van der Waals surface area contributed by atoms with Gasteiger partial charge in [-0.1, -0.05) is 0 Å². The quantitative estimate of drug-likeness (QED) is 0.135. The van der Waals surface area contributed by atoms with Crippen molar-refractivity contribution in [3.05, 3.63) is 0 Å². The van der Waals surface area contributed by atoms with Crippen LogP contribution in [0.4, 0.5) is 0 Å². The number of aliphatic hydroxyl groups is 10. The third kappa shape index (κ3) is 6.38. The monoisotopic (exact) mass is 545 g/mol. The van der Waals surface area contributed by atoms with Crippen molar-refractivity contribution >= 4 is 5.91 Å². The van der Waals surface area contributed by atoms with E-state index < -0.39 is 118 Å². The minimum Gasteiger partial charge on any atom is -0.394 e. The zero-order valence-corrected chi connectivity index (χ0v) is 19.7. The summed E-state index contributed by atoms with van der Waals surface area (Å²) in [4.78, 5) is 12.0. The molecule has 37 heavy (non-hydrogen) atoms. The summed E-state index contributed by atoms with van der Waals surface area (Å²) in [6.45, 7) is -1.25. The van der Waals surface area contributed by atoms with E-state index in [9.17, 15) is 55.9 Å². The maximum atomic E-state index is 12.0. The van der Waals surface area contributed by atoms with Gasteiger partial charge in [0.1, 0.15) is 73.2 Å². The highest BCUT2D eigenvalue weighted by Crippen LogP contribution is 2.32. The molecule has 0 unspecified atom stereocenters. The second kappa shape index (κ2) is 12.8. The summed E-state index contributed by atoms with van der Waals surface area (Å²) in [5.41, 5.74) is 0. The lowest BCUT2D eigenvalue weighted by Gasteiger charge is -2.49. The van der Waals surface area contributed by atoms with E-state index in [-0.39, 0.29) is 0 Å². The predicted molar refractivity (Wildman–Crippen MR) is 113 cm³/mol. The Morgan fingerprint density at radius 3 is 1.76 bits per heavy atom. The van der Waals surface area contributed by atoms with Crippen molar-refractivity contribution in [3.8, 4) is 0 Å². The molecule has 0 radical (unpaired) electrons. The molecule has 0 aliphatic carbocycles. The van der Waals surface area contributed by atoms with Gasteiger partial charge in [0, 0.05) is 6.92 Å². The number of carbonyl (C=O) groups excluding carboxylic acids is 1. The number of carbonyl (C=O) groups is 1. The number of rotatable bonds is 8. The molecule has 3 aliphatic rings. The number of aliphatic hydroxyl groups excluding tert-OH is 10. The molecule has 216 valence electrons. The zero-order valence-electron chi connectivity index (χ0n) is 19.7. The zero-order chi connectivity index (χ0) is 27.6. The molecular formula is C20H35NO16. The maximum Gasteiger partial charge on any atom is 0.217 e. The van der Waals surface area contributed by atoms with Crippen molar-refractivity contribution in [2.24, 2.45) is 0 Å². The fraction of sp³-hybridized carbons (Fsp3) is 0.950. The second-order valence-electron chi connectivity index (χ2n) is 9.07. The summed E-state index contributed by atoms with van der Waals surface area (Å²) < 4.78 is 27.3. The van der Waals surface area contributed by atoms with Gasteiger partial charge in [0.15, 0.2) is 18.9 Å². The van der Waals surface area contributed by atoms with E-state index in [4.69, 9.17) is 23.7 Å². The van der Waals surface area contributed by atoms with Crippen LogP contribution >= 0.6 is 0 Å². The van der Waals surface area contributed by atoms with Gasteiger partial charge < -0.3 is 80.1 Å². The molecule has 0 saturated carbocycles. The lowest BCUT2D eigenvalue weighted by Crippen LogP contribution is -2.69. The summed E-state index contributed by atoms with van der Waals surface area (Å²) in [5, 5.41) is 103. The molecule has 3 aliphatic heterocycles. The van der Waals surface area contributed by atoms with Gasteiger partial charge in [-0.15, -0.1) is 0 Å². The molecule has 0 aromatic carbocycles. The van der Waals surface area contributed by atoms with Crippen LogP contribution in [0.25, 0.3) is 0 Å². The Balaban J connectivity index is 1.90. The standard InChI is InChI=1S/C20H35NO16/c1-5(25)21-9-17(37-20-15(31)12(28)10(26)6(2-22)35-20)11(27)7(3-23)34-19(9)36-16-8(4-24)33-18(32)14(30)13(16)29/h6-20,22-24,26-32H,2-4H2,1H3,(H,21,25)/t6-,7-,8-,9-,10+,11+,12+,13-,14-,15-,16+,17-,18-,19+,20+/m1/s1. The molecule has 0 spiro atoms. The van der Waals surface area contributed by atoms with Crippen LogP contribution in [-0.4, -0.2) is 169 Å². The fourth-order valence-corrected chi connectivity index (χ4v) is 4.46. The van der Waals surface area contributed by atoms with E-state index in [0.29, 0.717) is 0 Å². The maximum absolute atomic E-state index is 12.0. The van der Waals surface area contributed by atoms with Crippen LogP contribution in [0.15, 0.2) is 0 Å². The van der Waals surface area contributed by atoms with Crippen LogP contribution in [0.1, 0.15) is 6.92 Å². The number of nitrogens with one attached hydrogen (secondary N) is 1. The molecule has 1 amide bonds. The number of hydrogen-bond acceptors (Lipinski definition) is 16. The highest BCUT2D eigenvalue weighted by Gasteiger charge is 2.54. The Kier molecular flexibility index (Phi) is 10.5. The summed E-state index contributed by atoms with van der Waals surface area (Å²) in [6.07, 6.45) is -23.3. The summed E-state index contributed by atoms with van der Waals surface area (Å²) in [5.74, 6) is -0.686. The van der Waals surface area contributed by atoms with Crippen LogP contribution in [0, 0.1) is 0 Å². The molecule has 3 fully saturated rings. The molecule has 0 aromatic heterocycles. The molecule has 0 bridgehead atoms. The van der Waals surface area contributed by atoms with E-state index >= 15 is 0 Å². The first-order valence-corrected chi connectivity index (χ1v) is 11.6. The van der Waals surface area contributed by atoms with Gasteiger partial charge in [0.2, 0.25) is 5.91 Å². The highest BCUT2D eigenvalue weighted by atomic mass is 16.7. The van der Waals surface area contributed by atoms with Crippen LogP contribution in [0.3, 0.4) is 0 Å². The van der Waals surface area contributed by atoms with E-state index in [1.54, 1.807) is 0 Å². The Morgan fingerprint density at radius 1 is 0.649 bits per heavy atom. The Morgan fingerprint density at radius 2 is 1.19 bits per heavy atom. The van der Waals surface area contributed by atoms with Gasteiger partial charge in [0.05, 0.1) is 19.8 Å². The number of amides is 1. The number of hydrogen-bond donors (Lipinski definition) is 11. The first-order chi connectivity index (χ1) is 17.4. The summed E-state index contributed by atoms with van der Waals surface area (Å²) in [6, 6.07) is -1.46. The smallest absolute Gasteiger partial charge is 0.217 e. The van der Waals surface area contributed by atoms with Gasteiger partial charge in [-0.3, -0.25) is 4.79 Å². The fourth-order valence-electron chi connectivity index (χ4n) is 4.46. The van der Waals surface area contributed by atoms with Gasteiger partial charge >= 0.3 is 0 Å². The Hall–Kier alpha value is -1.13. The molecule has 0 aromatic rings. The van der Waals surface area contributed by atoms with Crippen molar-refractivity contribution in [1.29, 1.82) is 0 Å². The molecule has 3 rings (SSSR count). The molecule has 17 heteroatoms. The molecule has 17 nitrogen and oxygen atoms in total. The molecular weight excluding hydrogens is 510 g/mol. The normalized spacial score (nSPS) is 49.0. The van der Waals surface area contributed by atoms with Gasteiger partial charge in [-0.05, 0) is 0 Å². The third-order valence-electron chi connectivity index (χ3n) is 6.49. The molecule has 3 saturated heterocycles. The van der Waals surface area contributed by atoms with Crippen molar-refractivity contribution in [1.82, 2.24) is 5.32 Å². The molecule has 15 atom stereocenters. The van der Waals surface area contributed by atoms with Crippen LogP contribution in [0.5, 0.6) is 0 Å². The van der Waals surface area contributed by atoms with Crippen LogP contribution < -0.4 is 5.32 Å². The van der Waals surface area contributed by atoms with Crippen LogP contribution in [-0.2, 0) is 28.5 Å². The lowest BCUT2D eigenvalue weighted by molar-refractivity contribution is -0.363. The highest BCUT2D eigenvalue weighted by molar-refractivity contribution is 5.73. The third-order valence-corrected chi connectivity index (χ3v) is 6.49. The molecule has 11 N–H and O–H groups in total. The first-order valence-electron chi connectivity index (χ1n) is 11.6. The van der Waals surface area contributed by atoms with Crippen molar-refractivity contribution < 1.29 is 79.5 Å².